The van der Waals surface area contributed by atoms with Crippen LogP contribution >= 0.6 is 0 Å². The summed E-state index contributed by atoms with van der Waals surface area (Å²) in [4.78, 5) is 23.3. The Hall–Kier alpha value is -2.34. The van der Waals surface area contributed by atoms with Gasteiger partial charge in [0.25, 0.3) is 0 Å². The van der Waals surface area contributed by atoms with Gasteiger partial charge >= 0.3 is 12.1 Å². The molecule has 6 nitrogen and oxygen atoms in total. The lowest BCUT2D eigenvalue weighted by Crippen LogP contribution is -2.48. The van der Waals surface area contributed by atoms with Gasteiger partial charge in [-0.15, -0.1) is 0 Å². The number of hydrogen-bond donors (Lipinski definition) is 3. The maximum absolute atomic E-state index is 11.9. The van der Waals surface area contributed by atoms with Gasteiger partial charge in [-0.25, -0.2) is 9.59 Å². The van der Waals surface area contributed by atoms with Crippen molar-refractivity contribution in [3.05, 3.63) is 48.0 Å². The zero-order chi connectivity index (χ0) is 23.4. The molecule has 0 fully saturated rings. The van der Waals surface area contributed by atoms with Crippen LogP contribution in [0.15, 0.2) is 42.5 Å². The number of carbonyl (C=O) groups excluding carboxylic acids is 1. The fourth-order valence-electron chi connectivity index (χ4n) is 3.46. The Morgan fingerprint density at radius 3 is 2.06 bits per heavy atom. The van der Waals surface area contributed by atoms with Gasteiger partial charge in [0, 0.05) is 0 Å². The first kappa shape index (κ1) is 27.7. The fraction of sp³-hybridized carbons (Fsp3) is 0.615. The number of ether oxygens (including phenoxy) is 1. The van der Waals surface area contributed by atoms with E-state index in [4.69, 9.17) is 4.74 Å². The number of hydrogen-bond acceptors (Lipinski definition) is 4. The number of carbonyl (C=O) groups is 2. The Balaban J connectivity index is 2.16. The molecular weight excluding hydrogens is 406 g/mol. The van der Waals surface area contributed by atoms with E-state index in [1.54, 1.807) is 18.2 Å². The van der Waals surface area contributed by atoms with E-state index < -0.39 is 24.2 Å². The minimum atomic E-state index is -1.45. The van der Waals surface area contributed by atoms with E-state index in [1.807, 2.05) is 18.2 Å². The molecule has 0 saturated heterocycles. The first-order valence-electron chi connectivity index (χ1n) is 12.1. The van der Waals surface area contributed by atoms with Crippen molar-refractivity contribution < 1.29 is 24.5 Å². The molecular formula is C26H41NO5. The number of allylic oxidation sites excluding steroid dienone is 1. The molecule has 6 heteroatoms. The molecule has 0 aromatic heterocycles. The molecule has 32 heavy (non-hydrogen) atoms. The van der Waals surface area contributed by atoms with Crippen molar-refractivity contribution in [2.45, 2.75) is 103 Å². The number of carboxylic acid groups (broad SMARTS) is 1. The number of alkyl carbamates (subject to hydrolysis) is 1. The number of carboxylic acids is 1. The number of benzene rings is 1. The summed E-state index contributed by atoms with van der Waals surface area (Å²) in [7, 11) is 0. The fourth-order valence-corrected chi connectivity index (χ4v) is 3.46. The Morgan fingerprint density at radius 2 is 1.50 bits per heavy atom. The van der Waals surface area contributed by atoms with E-state index in [0.717, 1.165) is 24.8 Å². The standard InChI is InChI=1S/C26H41NO5/c1-2-3-4-5-6-7-8-9-10-11-12-13-17-20-23(28)24(25(29)30)27-26(31)32-21-22-18-15-14-16-19-22/h14-20,23-24,28H,2-13,21H2,1H3,(H,27,31)(H,29,30)/b20-17+/t23-,24-/m0/s1. The van der Waals surface area contributed by atoms with E-state index >= 15 is 0 Å². The number of aliphatic hydroxyl groups is 1. The lowest BCUT2D eigenvalue weighted by Gasteiger charge is -2.17. The van der Waals surface area contributed by atoms with Crippen LogP contribution in [0.4, 0.5) is 4.79 Å². The maximum Gasteiger partial charge on any atom is 0.408 e. The molecule has 1 rings (SSSR count). The van der Waals surface area contributed by atoms with Crippen LogP contribution in [-0.4, -0.2) is 34.4 Å². The normalized spacial score (nSPS) is 13.1. The van der Waals surface area contributed by atoms with Gasteiger partial charge in [-0.2, -0.15) is 0 Å². The summed E-state index contributed by atoms with van der Waals surface area (Å²) in [5, 5.41) is 21.7. The van der Waals surface area contributed by atoms with E-state index in [2.05, 4.69) is 12.2 Å². The third kappa shape index (κ3) is 13.9. The van der Waals surface area contributed by atoms with Crippen LogP contribution in [-0.2, 0) is 16.1 Å². The van der Waals surface area contributed by atoms with Crippen LogP contribution in [0.5, 0.6) is 0 Å². The molecule has 0 bridgehead atoms. The second kappa shape index (κ2) is 18.3. The van der Waals surface area contributed by atoms with Gasteiger partial charge in [0.2, 0.25) is 0 Å². The molecule has 0 radical (unpaired) electrons. The summed E-state index contributed by atoms with van der Waals surface area (Å²) in [5.41, 5.74) is 0.793. The number of rotatable bonds is 18. The quantitative estimate of drug-likeness (QED) is 0.190. The molecule has 1 amide bonds. The summed E-state index contributed by atoms with van der Waals surface area (Å²) >= 11 is 0. The SMILES string of the molecule is CCCCCCCCCCCCC/C=C/[C@H](O)[C@H](NC(=O)OCc1ccccc1)C(=O)O. The molecule has 0 unspecified atom stereocenters. The van der Waals surface area contributed by atoms with Crippen LogP contribution in [0.1, 0.15) is 89.5 Å². The molecule has 0 aliphatic carbocycles. The molecule has 0 heterocycles. The first-order chi connectivity index (χ1) is 15.5. The van der Waals surface area contributed by atoms with Crippen LogP contribution in [0.3, 0.4) is 0 Å². The highest BCUT2D eigenvalue weighted by molar-refractivity contribution is 5.80. The smallest absolute Gasteiger partial charge is 0.408 e. The Kier molecular flexibility index (Phi) is 15.8. The van der Waals surface area contributed by atoms with Crippen molar-refractivity contribution in [1.29, 1.82) is 0 Å². The monoisotopic (exact) mass is 447 g/mol. The van der Waals surface area contributed by atoms with Gasteiger partial charge < -0.3 is 20.3 Å². The lowest BCUT2D eigenvalue weighted by molar-refractivity contribution is -0.141. The summed E-state index contributed by atoms with van der Waals surface area (Å²) in [6.07, 6.45) is 15.7. The Morgan fingerprint density at radius 1 is 0.938 bits per heavy atom. The summed E-state index contributed by atoms with van der Waals surface area (Å²) in [6, 6.07) is 7.64. The minimum Gasteiger partial charge on any atom is -0.480 e. The Labute approximate surface area is 193 Å². The predicted octanol–water partition coefficient (Wildman–Crippen LogP) is 5.98. The molecule has 0 saturated carbocycles. The van der Waals surface area contributed by atoms with Gasteiger partial charge in [-0.05, 0) is 18.4 Å². The van der Waals surface area contributed by atoms with Crippen molar-refractivity contribution in [2.75, 3.05) is 0 Å². The van der Waals surface area contributed by atoms with Crippen LogP contribution in [0.25, 0.3) is 0 Å². The van der Waals surface area contributed by atoms with Gasteiger partial charge in [-0.3, -0.25) is 0 Å². The van der Waals surface area contributed by atoms with Crippen molar-refractivity contribution >= 4 is 12.1 Å². The summed E-state index contributed by atoms with van der Waals surface area (Å²) in [6.45, 7) is 2.27. The van der Waals surface area contributed by atoms with Crippen LogP contribution in [0.2, 0.25) is 0 Å². The molecule has 0 aliphatic heterocycles. The molecule has 1 aromatic rings. The topological polar surface area (TPSA) is 95.9 Å². The number of aliphatic hydroxyl groups excluding tert-OH is 1. The van der Waals surface area contributed by atoms with E-state index in [1.165, 1.54) is 63.9 Å². The number of amides is 1. The van der Waals surface area contributed by atoms with Crippen molar-refractivity contribution in [1.82, 2.24) is 5.32 Å². The van der Waals surface area contributed by atoms with Crippen LogP contribution < -0.4 is 5.32 Å². The zero-order valence-electron chi connectivity index (χ0n) is 19.5. The first-order valence-corrected chi connectivity index (χ1v) is 12.1. The summed E-state index contributed by atoms with van der Waals surface area (Å²) < 4.78 is 5.03. The Bertz CT molecular complexity index is 647. The van der Waals surface area contributed by atoms with E-state index in [0.29, 0.717) is 0 Å². The number of nitrogens with one attached hydrogen (secondary N) is 1. The van der Waals surface area contributed by atoms with E-state index in [9.17, 15) is 19.8 Å². The maximum atomic E-state index is 11.9. The molecule has 180 valence electrons. The van der Waals surface area contributed by atoms with Crippen LogP contribution in [0, 0.1) is 0 Å². The van der Waals surface area contributed by atoms with Crippen molar-refractivity contribution in [3.8, 4) is 0 Å². The highest BCUT2D eigenvalue weighted by Crippen LogP contribution is 2.12. The molecule has 0 aliphatic rings. The molecule has 2 atom stereocenters. The number of aliphatic carboxylic acids is 1. The summed E-state index contributed by atoms with van der Waals surface area (Å²) in [5.74, 6) is -1.31. The molecule has 1 aromatic carbocycles. The largest absolute Gasteiger partial charge is 0.480 e. The average molecular weight is 448 g/mol. The molecule has 3 N–H and O–H groups in total. The highest BCUT2D eigenvalue weighted by atomic mass is 16.5. The number of unbranched alkanes of at least 4 members (excludes halogenated alkanes) is 11. The second-order valence-corrected chi connectivity index (χ2v) is 8.26. The zero-order valence-corrected chi connectivity index (χ0v) is 19.5. The molecule has 0 spiro atoms. The average Bonchev–Trinajstić information content (AvgIpc) is 2.79. The van der Waals surface area contributed by atoms with Gasteiger partial charge in [0.15, 0.2) is 6.04 Å². The third-order valence-electron chi connectivity index (χ3n) is 5.40. The highest BCUT2D eigenvalue weighted by Gasteiger charge is 2.27. The van der Waals surface area contributed by atoms with Crippen molar-refractivity contribution in [3.63, 3.8) is 0 Å². The van der Waals surface area contributed by atoms with Crippen molar-refractivity contribution in [2.24, 2.45) is 0 Å². The minimum absolute atomic E-state index is 0.0316. The van der Waals surface area contributed by atoms with Gasteiger partial charge in [0.05, 0.1) is 0 Å². The predicted molar refractivity (Wildman–Crippen MR) is 127 cm³/mol. The lowest BCUT2D eigenvalue weighted by atomic mass is 10.0. The van der Waals surface area contributed by atoms with E-state index in [-0.39, 0.29) is 6.61 Å². The second-order valence-electron chi connectivity index (χ2n) is 8.26. The third-order valence-corrected chi connectivity index (χ3v) is 5.40. The van der Waals surface area contributed by atoms with Gasteiger partial charge in [0.1, 0.15) is 12.7 Å². The van der Waals surface area contributed by atoms with Gasteiger partial charge in [-0.1, -0.05) is 114 Å².